The normalized spacial score (nSPS) is 14.8. The van der Waals surface area contributed by atoms with E-state index in [9.17, 15) is 10.1 Å². The minimum atomic E-state index is -0.331. The van der Waals surface area contributed by atoms with Crippen LogP contribution in [0.15, 0.2) is 42.5 Å². The van der Waals surface area contributed by atoms with Crippen LogP contribution in [0.2, 0.25) is 0 Å². The van der Waals surface area contributed by atoms with Crippen molar-refractivity contribution >= 4 is 34.4 Å². The van der Waals surface area contributed by atoms with Crippen LogP contribution >= 0.6 is 0 Å². The van der Waals surface area contributed by atoms with Crippen LogP contribution in [0.25, 0.3) is 23.1 Å². The second-order valence-electron chi connectivity index (χ2n) is 7.92. The lowest BCUT2D eigenvalue weighted by atomic mass is 10.1. The van der Waals surface area contributed by atoms with E-state index in [2.05, 4.69) is 20.0 Å². The van der Waals surface area contributed by atoms with Crippen LogP contribution in [0.5, 0.6) is 0 Å². The first-order valence-corrected chi connectivity index (χ1v) is 11.1. The maximum absolute atomic E-state index is 11.9. The Balaban J connectivity index is 1.55. The molecule has 0 saturated carbocycles. The first-order chi connectivity index (χ1) is 16.2. The summed E-state index contributed by atoms with van der Waals surface area (Å²) in [7, 11) is 1.66. The van der Waals surface area contributed by atoms with Crippen molar-refractivity contribution in [2.45, 2.75) is 0 Å². The Morgan fingerprint density at radius 1 is 1.21 bits per heavy atom. The molecule has 33 heavy (non-hydrogen) atoms. The molecule has 3 aromatic rings. The molecule has 4 rings (SSSR count). The van der Waals surface area contributed by atoms with Crippen molar-refractivity contribution in [1.29, 1.82) is 0 Å². The molecule has 0 unspecified atom stereocenters. The Hall–Kier alpha value is -3.27. The van der Waals surface area contributed by atoms with Gasteiger partial charge in [0.2, 0.25) is 0 Å². The molecule has 0 bridgehead atoms. The Morgan fingerprint density at radius 3 is 2.82 bits per heavy atom. The summed E-state index contributed by atoms with van der Waals surface area (Å²) >= 11 is 0. The van der Waals surface area contributed by atoms with Crippen molar-refractivity contribution in [2.24, 2.45) is 0 Å². The van der Waals surface area contributed by atoms with Gasteiger partial charge in [-0.1, -0.05) is 18.2 Å². The first-order valence-electron chi connectivity index (χ1n) is 11.1. The molecule has 9 nitrogen and oxygen atoms in total. The Labute approximate surface area is 192 Å². The van der Waals surface area contributed by atoms with E-state index in [-0.39, 0.29) is 10.6 Å². The van der Waals surface area contributed by atoms with Gasteiger partial charge >= 0.3 is 0 Å². The van der Waals surface area contributed by atoms with Gasteiger partial charge in [-0.05, 0) is 30.4 Å². The molecule has 2 aromatic carbocycles. The number of nitrogens with one attached hydrogen (secondary N) is 1. The van der Waals surface area contributed by atoms with Gasteiger partial charge in [0.05, 0.1) is 41.5 Å². The monoisotopic (exact) mass is 451 g/mol. The van der Waals surface area contributed by atoms with E-state index in [1.54, 1.807) is 25.3 Å². The number of aromatic amines is 1. The molecule has 0 aliphatic carbocycles. The number of hydrogen-bond donors (Lipinski definition) is 1. The zero-order valence-electron chi connectivity index (χ0n) is 18.8. The van der Waals surface area contributed by atoms with E-state index in [0.717, 1.165) is 61.7 Å². The minimum absolute atomic E-state index is 0.0670. The SMILES string of the molecule is COCCN(CCN1CCOCC1)c1ccc(/C=C/c2n[nH]c3ccccc23)c([N+](=O)[O-])c1. The van der Waals surface area contributed by atoms with Gasteiger partial charge in [-0.2, -0.15) is 5.10 Å². The van der Waals surface area contributed by atoms with Crippen LogP contribution in [0.1, 0.15) is 11.3 Å². The Kier molecular flexibility index (Phi) is 7.66. The number of morpholine rings is 1. The second-order valence-corrected chi connectivity index (χ2v) is 7.92. The Bertz CT molecular complexity index is 1110. The molecule has 0 atom stereocenters. The lowest BCUT2D eigenvalue weighted by Gasteiger charge is -2.31. The summed E-state index contributed by atoms with van der Waals surface area (Å²) in [6.07, 6.45) is 3.56. The number of H-pyrrole nitrogens is 1. The van der Waals surface area contributed by atoms with E-state index < -0.39 is 0 Å². The van der Waals surface area contributed by atoms with Gasteiger partial charge in [-0.25, -0.2) is 0 Å². The van der Waals surface area contributed by atoms with Crippen LogP contribution in [-0.4, -0.2) is 79.7 Å². The molecule has 1 aromatic heterocycles. The molecule has 9 heteroatoms. The number of fused-ring (bicyclic) bond motifs is 1. The number of anilines is 1. The zero-order valence-corrected chi connectivity index (χ0v) is 18.8. The van der Waals surface area contributed by atoms with Gasteiger partial charge in [0.15, 0.2) is 0 Å². The fourth-order valence-corrected chi connectivity index (χ4v) is 3.97. The maximum atomic E-state index is 11.9. The predicted molar refractivity (Wildman–Crippen MR) is 129 cm³/mol. The summed E-state index contributed by atoms with van der Waals surface area (Å²) in [5.74, 6) is 0. The topological polar surface area (TPSA) is 96.8 Å². The number of nitrogens with zero attached hydrogens (tertiary/aromatic N) is 4. The lowest BCUT2D eigenvalue weighted by molar-refractivity contribution is -0.385. The lowest BCUT2D eigenvalue weighted by Crippen LogP contribution is -2.42. The summed E-state index contributed by atoms with van der Waals surface area (Å²) in [5, 5.41) is 20.1. The molecular formula is C24H29N5O4. The summed E-state index contributed by atoms with van der Waals surface area (Å²) in [6, 6.07) is 13.2. The van der Waals surface area contributed by atoms with Crippen LogP contribution in [-0.2, 0) is 9.47 Å². The highest BCUT2D eigenvalue weighted by Gasteiger charge is 2.18. The Morgan fingerprint density at radius 2 is 2.03 bits per heavy atom. The molecule has 0 spiro atoms. The molecule has 0 radical (unpaired) electrons. The number of benzene rings is 2. The summed E-state index contributed by atoms with van der Waals surface area (Å²) in [4.78, 5) is 16.0. The number of hydrogen-bond acceptors (Lipinski definition) is 7. The van der Waals surface area contributed by atoms with Gasteiger partial charge in [-0.3, -0.25) is 20.1 Å². The third-order valence-electron chi connectivity index (χ3n) is 5.85. The zero-order chi connectivity index (χ0) is 23.0. The van der Waals surface area contributed by atoms with Gasteiger partial charge in [0.25, 0.3) is 5.69 Å². The van der Waals surface area contributed by atoms with Crippen LogP contribution in [0.4, 0.5) is 11.4 Å². The molecule has 1 saturated heterocycles. The smallest absolute Gasteiger partial charge is 0.278 e. The number of methoxy groups -OCH3 is 1. The number of aromatic nitrogens is 2. The van der Waals surface area contributed by atoms with E-state index in [4.69, 9.17) is 9.47 Å². The quantitative estimate of drug-likeness (QED) is 0.373. The molecule has 0 amide bonds. The predicted octanol–water partition coefficient (Wildman–Crippen LogP) is 3.43. The highest BCUT2D eigenvalue weighted by Crippen LogP contribution is 2.28. The van der Waals surface area contributed by atoms with Crippen molar-refractivity contribution in [3.8, 4) is 0 Å². The number of para-hydroxylation sites is 1. The van der Waals surface area contributed by atoms with Gasteiger partial charge in [-0.15, -0.1) is 0 Å². The average molecular weight is 452 g/mol. The molecule has 1 N–H and O–H groups in total. The van der Waals surface area contributed by atoms with Crippen LogP contribution < -0.4 is 4.90 Å². The van der Waals surface area contributed by atoms with Gasteiger partial charge < -0.3 is 14.4 Å². The van der Waals surface area contributed by atoms with E-state index in [1.807, 2.05) is 36.4 Å². The molecule has 174 valence electrons. The highest BCUT2D eigenvalue weighted by molar-refractivity contribution is 5.90. The van der Waals surface area contributed by atoms with Crippen LogP contribution in [0, 0.1) is 10.1 Å². The van der Waals surface area contributed by atoms with Gasteiger partial charge in [0, 0.05) is 57.0 Å². The number of nitro groups is 1. The number of ether oxygens (including phenoxy) is 2. The minimum Gasteiger partial charge on any atom is -0.383 e. The molecular weight excluding hydrogens is 422 g/mol. The fourth-order valence-electron chi connectivity index (χ4n) is 3.97. The van der Waals surface area contributed by atoms with E-state index in [1.165, 1.54) is 0 Å². The standard InChI is InChI=1S/C24H29N5O4/c1-32-15-14-28(11-10-27-12-16-33-17-13-27)20-8-6-19(24(18-20)29(30)31)7-9-23-21-4-2-3-5-22(21)25-26-23/h2-9,18H,10-17H2,1H3,(H,25,26)/b9-7+. The van der Waals surface area contributed by atoms with E-state index in [0.29, 0.717) is 18.7 Å². The molecule has 2 heterocycles. The highest BCUT2D eigenvalue weighted by atomic mass is 16.6. The number of rotatable bonds is 10. The maximum Gasteiger partial charge on any atom is 0.278 e. The van der Waals surface area contributed by atoms with Crippen molar-refractivity contribution in [1.82, 2.24) is 15.1 Å². The van der Waals surface area contributed by atoms with Crippen molar-refractivity contribution in [3.63, 3.8) is 0 Å². The molecule has 1 aliphatic rings. The third kappa shape index (κ3) is 5.75. The van der Waals surface area contributed by atoms with Crippen molar-refractivity contribution in [2.75, 3.05) is 64.6 Å². The largest absolute Gasteiger partial charge is 0.383 e. The average Bonchev–Trinajstić information content (AvgIpc) is 3.26. The molecule has 1 fully saturated rings. The first kappa shape index (κ1) is 22.9. The van der Waals surface area contributed by atoms with E-state index >= 15 is 0 Å². The summed E-state index contributed by atoms with van der Waals surface area (Å²) in [5.41, 5.74) is 3.09. The second kappa shape index (κ2) is 11.0. The molecule has 1 aliphatic heterocycles. The fraction of sp³-hybridized carbons (Fsp3) is 0.375. The summed E-state index contributed by atoms with van der Waals surface area (Å²) in [6.45, 7) is 6.14. The number of nitro benzene ring substituents is 1. The van der Waals surface area contributed by atoms with Crippen molar-refractivity contribution < 1.29 is 14.4 Å². The summed E-state index contributed by atoms with van der Waals surface area (Å²) < 4.78 is 10.7. The van der Waals surface area contributed by atoms with Crippen LogP contribution in [0.3, 0.4) is 0 Å². The third-order valence-corrected chi connectivity index (χ3v) is 5.85. The van der Waals surface area contributed by atoms with Crippen molar-refractivity contribution in [3.05, 3.63) is 63.8 Å². The van der Waals surface area contributed by atoms with Gasteiger partial charge in [0.1, 0.15) is 0 Å².